The Labute approximate surface area is 183 Å². The van der Waals surface area contributed by atoms with Gasteiger partial charge in [-0.05, 0) is 24.7 Å². The van der Waals surface area contributed by atoms with E-state index < -0.39 is 47.9 Å². The van der Waals surface area contributed by atoms with E-state index in [0.29, 0.717) is 6.42 Å². The molecule has 4 atom stereocenters. The quantitative estimate of drug-likeness (QED) is 0.193. The van der Waals surface area contributed by atoms with Crippen LogP contribution in [0.3, 0.4) is 0 Å². The number of carboxylic acid groups (broad SMARTS) is 1. The highest BCUT2D eigenvalue weighted by molar-refractivity contribution is 7.80. The molecule has 0 aliphatic carbocycles. The van der Waals surface area contributed by atoms with Gasteiger partial charge in [-0.15, -0.1) is 0 Å². The summed E-state index contributed by atoms with van der Waals surface area (Å²) in [7, 11) is 0. The zero-order valence-corrected chi connectivity index (χ0v) is 19.1. The minimum Gasteiger partial charge on any atom is -0.480 e. The maximum absolute atomic E-state index is 12.7. The van der Waals surface area contributed by atoms with E-state index in [0.717, 1.165) is 0 Å². The van der Waals surface area contributed by atoms with Crippen LogP contribution in [0.5, 0.6) is 0 Å². The van der Waals surface area contributed by atoms with Crippen LogP contribution in [-0.4, -0.2) is 64.5 Å². The zero-order valence-electron chi connectivity index (χ0n) is 17.3. The van der Waals surface area contributed by atoms with Crippen molar-refractivity contribution in [3.05, 3.63) is 0 Å². The van der Waals surface area contributed by atoms with Gasteiger partial charge < -0.3 is 26.8 Å². The molecule has 11 heteroatoms. The first-order valence-corrected chi connectivity index (χ1v) is 10.8. The van der Waals surface area contributed by atoms with Crippen LogP contribution in [0.4, 0.5) is 0 Å². The molecule has 0 aromatic carbocycles. The Morgan fingerprint density at radius 2 is 1.17 bits per heavy atom. The lowest BCUT2D eigenvalue weighted by atomic mass is 10.0. The van der Waals surface area contributed by atoms with Gasteiger partial charge in [0.15, 0.2) is 0 Å². The molecule has 3 amide bonds. The molecule has 0 heterocycles. The SMILES string of the molecule is CC(C)CC(NC(=O)C(CS)NC(=O)C(CC(C)C)NC(=O)C(N)CS)C(=O)O. The van der Waals surface area contributed by atoms with E-state index in [1.165, 1.54) is 0 Å². The van der Waals surface area contributed by atoms with Crippen molar-refractivity contribution in [1.82, 2.24) is 16.0 Å². The van der Waals surface area contributed by atoms with Crippen LogP contribution in [0.1, 0.15) is 40.5 Å². The highest BCUT2D eigenvalue weighted by atomic mass is 32.1. The van der Waals surface area contributed by atoms with Crippen LogP contribution < -0.4 is 21.7 Å². The highest BCUT2D eigenvalue weighted by Crippen LogP contribution is 2.08. The van der Waals surface area contributed by atoms with Gasteiger partial charge in [-0.1, -0.05) is 27.7 Å². The molecule has 4 unspecified atom stereocenters. The summed E-state index contributed by atoms with van der Waals surface area (Å²) in [5, 5.41) is 16.8. The Kier molecular flexibility index (Phi) is 13.0. The summed E-state index contributed by atoms with van der Waals surface area (Å²) in [6, 6.07) is -3.88. The largest absolute Gasteiger partial charge is 0.480 e. The first-order chi connectivity index (χ1) is 13.4. The molecule has 0 rings (SSSR count). The van der Waals surface area contributed by atoms with Gasteiger partial charge in [0, 0.05) is 11.5 Å². The molecular formula is C18H34N4O5S2. The fourth-order valence-corrected chi connectivity index (χ4v) is 2.92. The van der Waals surface area contributed by atoms with Gasteiger partial charge >= 0.3 is 5.97 Å². The smallest absolute Gasteiger partial charge is 0.326 e. The van der Waals surface area contributed by atoms with Crippen LogP contribution >= 0.6 is 25.3 Å². The monoisotopic (exact) mass is 450 g/mol. The molecule has 0 saturated carbocycles. The van der Waals surface area contributed by atoms with E-state index in [2.05, 4.69) is 41.2 Å². The second-order valence-electron chi connectivity index (χ2n) is 7.75. The van der Waals surface area contributed by atoms with E-state index in [-0.39, 0.29) is 29.8 Å². The Morgan fingerprint density at radius 1 is 0.759 bits per heavy atom. The topological polar surface area (TPSA) is 151 Å². The van der Waals surface area contributed by atoms with Crippen molar-refractivity contribution in [2.24, 2.45) is 17.6 Å². The molecule has 0 radical (unpaired) electrons. The molecular weight excluding hydrogens is 416 g/mol. The molecule has 0 fully saturated rings. The summed E-state index contributed by atoms with van der Waals surface area (Å²) >= 11 is 8.06. The number of carboxylic acids is 1. The molecule has 0 aliphatic heterocycles. The number of nitrogens with two attached hydrogens (primary N) is 1. The third-order valence-electron chi connectivity index (χ3n) is 4.01. The normalized spacial score (nSPS) is 15.3. The van der Waals surface area contributed by atoms with Crippen molar-refractivity contribution in [2.75, 3.05) is 11.5 Å². The van der Waals surface area contributed by atoms with Crippen LogP contribution in [0.2, 0.25) is 0 Å². The molecule has 0 spiro atoms. The number of rotatable bonds is 13. The Morgan fingerprint density at radius 3 is 1.59 bits per heavy atom. The second kappa shape index (κ2) is 13.7. The number of thiol groups is 2. The van der Waals surface area contributed by atoms with E-state index in [1.807, 2.05) is 27.7 Å². The average Bonchev–Trinajstić information content (AvgIpc) is 2.62. The van der Waals surface area contributed by atoms with Crippen LogP contribution in [0.25, 0.3) is 0 Å². The summed E-state index contributed by atoms with van der Waals surface area (Å²) in [5.74, 6) is -2.66. The number of carbonyl (C=O) groups excluding carboxylic acids is 3. The Hall–Kier alpha value is -1.46. The lowest BCUT2D eigenvalue weighted by Crippen LogP contribution is -2.58. The van der Waals surface area contributed by atoms with Crippen LogP contribution in [0.15, 0.2) is 0 Å². The van der Waals surface area contributed by atoms with Crippen molar-refractivity contribution >= 4 is 48.9 Å². The maximum Gasteiger partial charge on any atom is 0.326 e. The summed E-state index contributed by atoms with van der Waals surface area (Å²) in [6.07, 6.45) is 0.588. The van der Waals surface area contributed by atoms with Gasteiger partial charge in [0.05, 0.1) is 6.04 Å². The first kappa shape index (κ1) is 27.5. The number of carbonyl (C=O) groups is 4. The van der Waals surface area contributed by atoms with E-state index in [1.54, 1.807) is 0 Å². The number of aliphatic carboxylic acids is 1. The molecule has 9 nitrogen and oxygen atoms in total. The molecule has 168 valence electrons. The van der Waals surface area contributed by atoms with Crippen molar-refractivity contribution in [3.63, 3.8) is 0 Å². The first-order valence-electron chi connectivity index (χ1n) is 9.54. The van der Waals surface area contributed by atoms with Gasteiger partial charge in [0.25, 0.3) is 0 Å². The van der Waals surface area contributed by atoms with Crippen molar-refractivity contribution < 1.29 is 24.3 Å². The number of nitrogens with one attached hydrogen (secondary N) is 3. The van der Waals surface area contributed by atoms with E-state index in [9.17, 15) is 24.3 Å². The standard InChI is InChI=1S/C18H34N4O5S2/c1-9(2)5-12(20-15(23)11(19)7-28)16(24)22-14(8-29)17(25)21-13(18(26)27)6-10(3)4/h9-14,28-29H,5-8,19H2,1-4H3,(H,20,23)(H,21,25)(H,22,24)(H,26,27). The fraction of sp³-hybridized carbons (Fsp3) is 0.778. The third kappa shape index (κ3) is 10.8. The minimum absolute atomic E-state index is 0.0376. The molecule has 0 aromatic heterocycles. The summed E-state index contributed by atoms with van der Waals surface area (Å²) < 4.78 is 0. The Bertz CT molecular complexity index is 574. The van der Waals surface area contributed by atoms with Gasteiger partial charge in [0.1, 0.15) is 18.1 Å². The number of hydrogen-bond acceptors (Lipinski definition) is 7. The van der Waals surface area contributed by atoms with Gasteiger partial charge in [-0.2, -0.15) is 25.3 Å². The minimum atomic E-state index is -1.15. The summed E-state index contributed by atoms with van der Waals surface area (Å²) in [5.41, 5.74) is 5.64. The maximum atomic E-state index is 12.7. The van der Waals surface area contributed by atoms with Crippen molar-refractivity contribution in [1.29, 1.82) is 0 Å². The van der Waals surface area contributed by atoms with Crippen LogP contribution in [-0.2, 0) is 19.2 Å². The molecule has 29 heavy (non-hydrogen) atoms. The molecule has 0 aromatic rings. The predicted molar refractivity (Wildman–Crippen MR) is 118 cm³/mol. The Balaban J connectivity index is 5.18. The van der Waals surface area contributed by atoms with E-state index >= 15 is 0 Å². The summed E-state index contributed by atoms with van der Waals surface area (Å²) in [4.78, 5) is 48.6. The van der Waals surface area contributed by atoms with Gasteiger partial charge in [-0.3, -0.25) is 14.4 Å². The lowest BCUT2D eigenvalue weighted by Gasteiger charge is -2.25. The average molecular weight is 451 g/mol. The molecule has 6 N–H and O–H groups in total. The van der Waals surface area contributed by atoms with Crippen molar-refractivity contribution in [2.45, 2.75) is 64.7 Å². The molecule has 0 aliphatic rings. The summed E-state index contributed by atoms with van der Waals surface area (Å²) in [6.45, 7) is 7.46. The zero-order chi connectivity index (χ0) is 22.7. The predicted octanol–water partition coefficient (Wildman–Crippen LogP) is -0.195. The molecule has 0 bridgehead atoms. The number of hydrogen-bond donors (Lipinski definition) is 7. The highest BCUT2D eigenvalue weighted by Gasteiger charge is 2.30. The van der Waals surface area contributed by atoms with Gasteiger partial charge in [0.2, 0.25) is 17.7 Å². The molecule has 0 saturated heterocycles. The lowest BCUT2D eigenvalue weighted by molar-refractivity contribution is -0.142. The van der Waals surface area contributed by atoms with Crippen LogP contribution in [0, 0.1) is 11.8 Å². The van der Waals surface area contributed by atoms with Crippen molar-refractivity contribution in [3.8, 4) is 0 Å². The fourth-order valence-electron chi connectivity index (χ4n) is 2.50. The van der Waals surface area contributed by atoms with E-state index in [4.69, 9.17) is 5.73 Å². The number of amides is 3. The van der Waals surface area contributed by atoms with Gasteiger partial charge in [-0.25, -0.2) is 4.79 Å². The third-order valence-corrected chi connectivity index (χ3v) is 4.77. The second-order valence-corrected chi connectivity index (χ2v) is 8.48.